The maximum Gasteiger partial charge on any atom is 0.328 e. The molecule has 0 atom stereocenters. The lowest BCUT2D eigenvalue weighted by molar-refractivity contribution is -0.131. The maximum absolute atomic E-state index is 10.4. The Morgan fingerprint density at radius 1 is 1.41 bits per heavy atom. The highest BCUT2D eigenvalue weighted by molar-refractivity contribution is 9.28. The molecule has 0 heterocycles. The average molecular weight is 360 g/mol. The molecule has 0 radical (unpaired) electrons. The van der Waals surface area contributed by atoms with Crippen LogP contribution in [-0.2, 0) is 4.79 Å². The number of carbonyl (C=O) groups is 1. The highest BCUT2D eigenvalue weighted by Crippen LogP contribution is 2.30. The molecule has 0 aliphatic rings. The standard InChI is InChI=1S/C13H12Br2O2/c1-2-11(13(14)15)10-5-3-4-9(8-10)6-7-12(16)17/h3-8H,2H2,1H3,(H,16,17). The number of rotatable bonds is 4. The van der Waals surface area contributed by atoms with Crippen molar-refractivity contribution in [2.45, 2.75) is 13.3 Å². The Morgan fingerprint density at radius 3 is 2.65 bits per heavy atom. The van der Waals surface area contributed by atoms with Gasteiger partial charge in [0, 0.05) is 6.08 Å². The zero-order valence-electron chi connectivity index (χ0n) is 9.28. The molecular formula is C13H12Br2O2. The van der Waals surface area contributed by atoms with E-state index < -0.39 is 5.97 Å². The van der Waals surface area contributed by atoms with E-state index in [4.69, 9.17) is 5.11 Å². The average Bonchev–Trinajstić information content (AvgIpc) is 2.27. The molecule has 0 aliphatic heterocycles. The molecule has 0 saturated heterocycles. The van der Waals surface area contributed by atoms with Gasteiger partial charge in [0.15, 0.2) is 0 Å². The summed E-state index contributed by atoms with van der Waals surface area (Å²) in [6.45, 7) is 2.07. The summed E-state index contributed by atoms with van der Waals surface area (Å²) in [4.78, 5) is 10.4. The van der Waals surface area contributed by atoms with E-state index in [0.717, 1.165) is 32.6 Å². The van der Waals surface area contributed by atoms with Gasteiger partial charge in [-0.3, -0.25) is 0 Å². The topological polar surface area (TPSA) is 37.3 Å². The second kappa shape index (κ2) is 6.77. The molecule has 1 rings (SSSR count). The maximum atomic E-state index is 10.4. The number of allylic oxidation sites excluding steroid dienone is 1. The van der Waals surface area contributed by atoms with E-state index in [-0.39, 0.29) is 0 Å². The lowest BCUT2D eigenvalue weighted by Crippen LogP contribution is -1.87. The third-order valence-corrected chi connectivity index (χ3v) is 3.19. The van der Waals surface area contributed by atoms with Crippen molar-refractivity contribution < 1.29 is 9.90 Å². The summed E-state index contributed by atoms with van der Waals surface area (Å²) < 4.78 is 0.923. The first-order chi connectivity index (χ1) is 8.04. The van der Waals surface area contributed by atoms with Crippen molar-refractivity contribution >= 4 is 49.5 Å². The molecule has 0 aliphatic carbocycles. The van der Waals surface area contributed by atoms with Gasteiger partial charge >= 0.3 is 5.97 Å². The molecule has 1 aromatic carbocycles. The van der Waals surface area contributed by atoms with Gasteiger partial charge in [-0.2, -0.15) is 0 Å². The predicted molar refractivity (Wildman–Crippen MR) is 78.2 cm³/mol. The van der Waals surface area contributed by atoms with Crippen molar-refractivity contribution in [1.82, 2.24) is 0 Å². The van der Waals surface area contributed by atoms with Crippen LogP contribution in [0.2, 0.25) is 0 Å². The fourth-order valence-electron chi connectivity index (χ4n) is 1.44. The summed E-state index contributed by atoms with van der Waals surface area (Å²) in [6.07, 6.45) is 3.61. The quantitative estimate of drug-likeness (QED) is 0.794. The fourth-order valence-corrected chi connectivity index (χ4v) is 2.46. The highest BCUT2D eigenvalue weighted by Gasteiger charge is 2.03. The Hall–Kier alpha value is -0.870. The first-order valence-corrected chi connectivity index (χ1v) is 6.68. The van der Waals surface area contributed by atoms with Crippen LogP contribution < -0.4 is 0 Å². The predicted octanol–water partition coefficient (Wildman–Crippen LogP) is 4.65. The fraction of sp³-hybridized carbons (Fsp3) is 0.154. The summed E-state index contributed by atoms with van der Waals surface area (Å²) in [5.41, 5.74) is 3.09. The number of carboxylic acid groups (broad SMARTS) is 1. The first kappa shape index (κ1) is 14.2. The normalized spacial score (nSPS) is 10.5. The Balaban J connectivity index is 3.09. The number of halogens is 2. The smallest absolute Gasteiger partial charge is 0.328 e. The molecule has 0 saturated carbocycles. The molecule has 4 heteroatoms. The molecule has 0 amide bonds. The summed E-state index contributed by atoms with van der Waals surface area (Å²) in [6, 6.07) is 7.74. The second-order valence-electron chi connectivity index (χ2n) is 3.39. The van der Waals surface area contributed by atoms with Crippen LogP contribution in [0.15, 0.2) is 33.7 Å². The lowest BCUT2D eigenvalue weighted by Gasteiger charge is -2.06. The Kier molecular flexibility index (Phi) is 5.65. The van der Waals surface area contributed by atoms with Gasteiger partial charge in [-0.25, -0.2) is 4.79 Å². The van der Waals surface area contributed by atoms with Crippen molar-refractivity contribution in [3.8, 4) is 0 Å². The van der Waals surface area contributed by atoms with Crippen LogP contribution in [0.3, 0.4) is 0 Å². The van der Waals surface area contributed by atoms with Crippen LogP contribution in [-0.4, -0.2) is 11.1 Å². The van der Waals surface area contributed by atoms with Crippen LogP contribution in [0.4, 0.5) is 0 Å². The van der Waals surface area contributed by atoms with Crippen LogP contribution in [0.1, 0.15) is 24.5 Å². The van der Waals surface area contributed by atoms with Crippen LogP contribution in [0.5, 0.6) is 0 Å². The SMILES string of the molecule is CCC(=C(Br)Br)c1cccc(C=CC(=O)O)c1. The number of hydrogen-bond acceptors (Lipinski definition) is 1. The zero-order chi connectivity index (χ0) is 12.8. The van der Waals surface area contributed by atoms with E-state index >= 15 is 0 Å². The number of hydrogen-bond donors (Lipinski definition) is 1. The monoisotopic (exact) mass is 358 g/mol. The van der Waals surface area contributed by atoms with Crippen molar-refractivity contribution in [3.63, 3.8) is 0 Å². The van der Waals surface area contributed by atoms with E-state index in [1.807, 2.05) is 24.3 Å². The van der Waals surface area contributed by atoms with Gasteiger partial charge in [0.25, 0.3) is 0 Å². The first-order valence-electron chi connectivity index (χ1n) is 5.10. The minimum atomic E-state index is -0.941. The minimum absolute atomic E-state index is 0.872. The molecule has 0 unspecified atom stereocenters. The molecule has 0 bridgehead atoms. The minimum Gasteiger partial charge on any atom is -0.478 e. The van der Waals surface area contributed by atoms with Gasteiger partial charge in [0.1, 0.15) is 0 Å². The molecule has 0 fully saturated rings. The summed E-state index contributed by atoms with van der Waals surface area (Å²) in [5.74, 6) is -0.941. The Bertz CT molecular complexity index is 472. The molecular weight excluding hydrogens is 348 g/mol. The van der Waals surface area contributed by atoms with Gasteiger partial charge in [-0.05, 0) is 67.1 Å². The van der Waals surface area contributed by atoms with Crippen LogP contribution in [0.25, 0.3) is 11.6 Å². The molecule has 1 aromatic rings. The van der Waals surface area contributed by atoms with Gasteiger partial charge in [-0.15, -0.1) is 0 Å². The van der Waals surface area contributed by atoms with Crippen molar-refractivity contribution in [1.29, 1.82) is 0 Å². The van der Waals surface area contributed by atoms with Gasteiger partial charge in [0.2, 0.25) is 0 Å². The highest BCUT2D eigenvalue weighted by atomic mass is 79.9. The van der Waals surface area contributed by atoms with Crippen molar-refractivity contribution in [3.05, 3.63) is 44.9 Å². The molecule has 90 valence electrons. The Labute approximate surface area is 117 Å². The molecule has 2 nitrogen and oxygen atoms in total. The van der Waals surface area contributed by atoms with Gasteiger partial charge < -0.3 is 5.11 Å². The lowest BCUT2D eigenvalue weighted by atomic mass is 10.0. The molecule has 0 spiro atoms. The number of aliphatic carboxylic acids is 1. The van der Waals surface area contributed by atoms with E-state index in [1.165, 1.54) is 0 Å². The van der Waals surface area contributed by atoms with Crippen LogP contribution in [0, 0.1) is 0 Å². The van der Waals surface area contributed by atoms with E-state index in [1.54, 1.807) is 6.08 Å². The molecule has 1 N–H and O–H groups in total. The van der Waals surface area contributed by atoms with Gasteiger partial charge in [-0.1, -0.05) is 25.1 Å². The van der Waals surface area contributed by atoms with E-state index in [2.05, 4.69) is 38.8 Å². The third-order valence-electron chi connectivity index (χ3n) is 2.24. The number of carboxylic acids is 1. The largest absolute Gasteiger partial charge is 0.478 e. The summed E-state index contributed by atoms with van der Waals surface area (Å²) in [5, 5.41) is 8.58. The zero-order valence-corrected chi connectivity index (χ0v) is 12.5. The van der Waals surface area contributed by atoms with E-state index in [0.29, 0.717) is 0 Å². The van der Waals surface area contributed by atoms with Gasteiger partial charge in [0.05, 0.1) is 3.39 Å². The van der Waals surface area contributed by atoms with Crippen LogP contribution >= 0.6 is 31.9 Å². The van der Waals surface area contributed by atoms with Crippen molar-refractivity contribution in [2.75, 3.05) is 0 Å². The molecule has 17 heavy (non-hydrogen) atoms. The second-order valence-corrected chi connectivity index (χ2v) is 6.04. The third kappa shape index (κ3) is 4.48. The van der Waals surface area contributed by atoms with E-state index in [9.17, 15) is 4.79 Å². The number of benzene rings is 1. The summed E-state index contributed by atoms with van der Waals surface area (Å²) >= 11 is 6.82. The summed E-state index contributed by atoms with van der Waals surface area (Å²) in [7, 11) is 0. The van der Waals surface area contributed by atoms with Crippen molar-refractivity contribution in [2.24, 2.45) is 0 Å². The Morgan fingerprint density at radius 2 is 2.12 bits per heavy atom. The molecule has 0 aromatic heterocycles.